The van der Waals surface area contributed by atoms with Crippen molar-refractivity contribution in [1.82, 2.24) is 0 Å². The first kappa shape index (κ1) is 18.5. The van der Waals surface area contributed by atoms with Crippen molar-refractivity contribution in [2.75, 3.05) is 10.6 Å². The fraction of sp³-hybridized carbons (Fsp3) is 0. The van der Waals surface area contributed by atoms with Crippen molar-refractivity contribution in [2.45, 2.75) is 0 Å². The topological polar surface area (TPSA) is 127 Å². The molecule has 0 fully saturated rings. The molecule has 9 heteroatoms. The first-order valence-electron chi connectivity index (χ1n) is 8.10. The predicted octanol–water partition coefficient (Wildman–Crippen LogP) is 4.50. The van der Waals surface area contributed by atoms with E-state index in [1.807, 2.05) is 6.07 Å². The molecule has 0 heterocycles. The lowest BCUT2D eigenvalue weighted by molar-refractivity contribution is -0.393. The van der Waals surface area contributed by atoms with Crippen molar-refractivity contribution in [3.63, 3.8) is 0 Å². The molecule has 0 aliphatic carbocycles. The highest BCUT2D eigenvalue weighted by Crippen LogP contribution is 2.31. The van der Waals surface area contributed by atoms with Crippen LogP contribution in [-0.4, -0.2) is 15.8 Å². The van der Waals surface area contributed by atoms with E-state index in [1.54, 1.807) is 48.5 Å². The van der Waals surface area contributed by atoms with Gasteiger partial charge >= 0.3 is 0 Å². The molecule has 28 heavy (non-hydrogen) atoms. The summed E-state index contributed by atoms with van der Waals surface area (Å²) in [6.45, 7) is 0. The molecular formula is C19H14N4O5. The molecule has 1 amide bonds. The monoisotopic (exact) mass is 378 g/mol. The first-order valence-corrected chi connectivity index (χ1v) is 8.10. The fourth-order valence-electron chi connectivity index (χ4n) is 2.48. The smallest absolute Gasteiger partial charge is 0.299 e. The van der Waals surface area contributed by atoms with Gasteiger partial charge < -0.3 is 10.6 Å². The maximum atomic E-state index is 12.1. The number of hydrogen-bond donors (Lipinski definition) is 2. The van der Waals surface area contributed by atoms with Gasteiger partial charge in [0.25, 0.3) is 17.3 Å². The Labute approximate surface area is 158 Å². The van der Waals surface area contributed by atoms with E-state index in [4.69, 9.17) is 0 Å². The molecule has 0 atom stereocenters. The minimum atomic E-state index is -0.693. The third kappa shape index (κ3) is 4.28. The molecule has 3 aromatic rings. The lowest BCUT2D eigenvalue weighted by Crippen LogP contribution is -2.11. The largest absolute Gasteiger partial charge is 0.350 e. The number of hydrogen-bond acceptors (Lipinski definition) is 6. The zero-order valence-corrected chi connectivity index (χ0v) is 14.4. The van der Waals surface area contributed by atoms with Crippen LogP contribution < -0.4 is 10.6 Å². The number of non-ortho nitro benzene ring substituents is 1. The van der Waals surface area contributed by atoms with Crippen LogP contribution in [0.1, 0.15) is 10.4 Å². The highest BCUT2D eigenvalue weighted by atomic mass is 16.6. The lowest BCUT2D eigenvalue weighted by atomic mass is 10.2. The van der Waals surface area contributed by atoms with Crippen LogP contribution in [0.25, 0.3) is 0 Å². The summed E-state index contributed by atoms with van der Waals surface area (Å²) in [6.07, 6.45) is 0. The van der Waals surface area contributed by atoms with Crippen LogP contribution >= 0.6 is 0 Å². The molecular weight excluding hydrogens is 364 g/mol. The van der Waals surface area contributed by atoms with Crippen LogP contribution in [0.5, 0.6) is 0 Å². The van der Waals surface area contributed by atoms with E-state index in [9.17, 15) is 25.0 Å². The Morgan fingerprint density at radius 2 is 1.43 bits per heavy atom. The summed E-state index contributed by atoms with van der Waals surface area (Å²) >= 11 is 0. The van der Waals surface area contributed by atoms with E-state index in [-0.39, 0.29) is 17.3 Å². The SMILES string of the molecule is O=C(Nc1ccc(Nc2ccc([N+](=O)[O-])cc2[N+](=O)[O-])cc1)c1ccccc1. The number of nitro groups is 2. The number of carbonyl (C=O) groups excluding carboxylic acids is 1. The molecule has 9 nitrogen and oxygen atoms in total. The average Bonchev–Trinajstić information content (AvgIpc) is 2.70. The third-order valence-corrected chi connectivity index (χ3v) is 3.85. The molecule has 140 valence electrons. The molecule has 0 radical (unpaired) electrons. The molecule has 0 aliphatic rings. The standard InChI is InChI=1S/C19H14N4O5/c24-19(13-4-2-1-3-5-13)21-15-8-6-14(7-9-15)20-17-11-10-16(22(25)26)12-18(17)23(27)28/h1-12,20H,(H,21,24). The number of benzene rings is 3. The summed E-state index contributed by atoms with van der Waals surface area (Å²) < 4.78 is 0. The first-order chi connectivity index (χ1) is 13.4. The Hall–Kier alpha value is -4.27. The van der Waals surface area contributed by atoms with Gasteiger partial charge in [0.15, 0.2) is 0 Å². The molecule has 0 bridgehead atoms. The van der Waals surface area contributed by atoms with Gasteiger partial charge in [-0.05, 0) is 42.5 Å². The second-order valence-electron chi connectivity index (χ2n) is 5.74. The molecule has 2 N–H and O–H groups in total. The molecule has 0 saturated heterocycles. The maximum Gasteiger partial charge on any atom is 0.299 e. The Kier molecular flexibility index (Phi) is 5.26. The van der Waals surface area contributed by atoms with Crippen molar-refractivity contribution in [3.8, 4) is 0 Å². The Balaban J connectivity index is 1.75. The van der Waals surface area contributed by atoms with Crippen LogP contribution in [0.15, 0.2) is 72.8 Å². The predicted molar refractivity (Wildman–Crippen MR) is 104 cm³/mol. The summed E-state index contributed by atoms with van der Waals surface area (Å²) in [6, 6.07) is 18.6. The Morgan fingerprint density at radius 1 is 0.786 bits per heavy atom. The van der Waals surface area contributed by atoms with Crippen molar-refractivity contribution in [1.29, 1.82) is 0 Å². The number of anilines is 3. The summed E-state index contributed by atoms with van der Waals surface area (Å²) in [5, 5.41) is 27.6. The van der Waals surface area contributed by atoms with E-state index < -0.39 is 15.5 Å². The van der Waals surface area contributed by atoms with Crippen molar-refractivity contribution >= 4 is 34.3 Å². The molecule has 0 unspecified atom stereocenters. The van der Waals surface area contributed by atoms with Crippen molar-refractivity contribution < 1.29 is 14.6 Å². The maximum absolute atomic E-state index is 12.1. The quantitative estimate of drug-likeness (QED) is 0.480. The average molecular weight is 378 g/mol. The zero-order chi connectivity index (χ0) is 20.1. The fourth-order valence-corrected chi connectivity index (χ4v) is 2.48. The summed E-state index contributed by atoms with van der Waals surface area (Å²) in [5.74, 6) is -0.257. The van der Waals surface area contributed by atoms with Gasteiger partial charge in [-0.15, -0.1) is 0 Å². The number of carbonyl (C=O) groups is 1. The zero-order valence-electron chi connectivity index (χ0n) is 14.4. The van der Waals surface area contributed by atoms with Crippen LogP contribution in [0, 0.1) is 20.2 Å². The van der Waals surface area contributed by atoms with Crippen molar-refractivity contribution in [3.05, 3.63) is 98.6 Å². The van der Waals surface area contributed by atoms with Gasteiger partial charge in [0.05, 0.1) is 15.9 Å². The molecule has 0 aliphatic heterocycles. The Morgan fingerprint density at radius 3 is 2.04 bits per heavy atom. The number of nitro benzene ring substituents is 2. The molecule has 0 saturated carbocycles. The Bertz CT molecular complexity index is 1040. The van der Waals surface area contributed by atoms with E-state index in [0.717, 1.165) is 6.07 Å². The van der Waals surface area contributed by atoms with Crippen LogP contribution in [-0.2, 0) is 0 Å². The molecule has 0 aromatic heterocycles. The summed E-state index contributed by atoms with van der Waals surface area (Å²) in [5.41, 5.74) is 0.946. The highest BCUT2D eigenvalue weighted by Gasteiger charge is 2.19. The van der Waals surface area contributed by atoms with Gasteiger partial charge in [-0.1, -0.05) is 18.2 Å². The number of amides is 1. The van der Waals surface area contributed by atoms with Gasteiger partial charge in [0.2, 0.25) is 0 Å². The van der Waals surface area contributed by atoms with E-state index >= 15 is 0 Å². The van der Waals surface area contributed by atoms with Crippen LogP contribution in [0.3, 0.4) is 0 Å². The van der Waals surface area contributed by atoms with Crippen molar-refractivity contribution in [2.24, 2.45) is 0 Å². The number of nitrogens with zero attached hydrogens (tertiary/aromatic N) is 2. The lowest BCUT2D eigenvalue weighted by Gasteiger charge is -2.09. The minimum Gasteiger partial charge on any atom is -0.350 e. The van der Waals surface area contributed by atoms with Crippen LogP contribution in [0.4, 0.5) is 28.4 Å². The van der Waals surface area contributed by atoms with E-state index in [1.165, 1.54) is 12.1 Å². The van der Waals surface area contributed by atoms with Gasteiger partial charge in [-0.25, -0.2) is 0 Å². The normalized spacial score (nSPS) is 10.1. The van der Waals surface area contributed by atoms with Gasteiger partial charge in [0, 0.05) is 23.0 Å². The highest BCUT2D eigenvalue weighted by molar-refractivity contribution is 6.04. The second-order valence-corrected chi connectivity index (χ2v) is 5.74. The van der Waals surface area contributed by atoms with Crippen LogP contribution in [0.2, 0.25) is 0 Å². The molecule has 3 aromatic carbocycles. The molecule has 0 spiro atoms. The van der Waals surface area contributed by atoms with Gasteiger partial charge in [-0.2, -0.15) is 0 Å². The van der Waals surface area contributed by atoms with Gasteiger partial charge in [0.1, 0.15) is 5.69 Å². The second kappa shape index (κ2) is 7.96. The summed E-state index contributed by atoms with van der Waals surface area (Å²) in [7, 11) is 0. The van der Waals surface area contributed by atoms with E-state index in [2.05, 4.69) is 10.6 Å². The van der Waals surface area contributed by atoms with E-state index in [0.29, 0.717) is 16.9 Å². The number of rotatable bonds is 6. The minimum absolute atomic E-state index is 0.122. The van der Waals surface area contributed by atoms with Gasteiger partial charge in [-0.3, -0.25) is 25.0 Å². The molecule has 3 rings (SSSR count). The number of nitrogens with one attached hydrogen (secondary N) is 2. The third-order valence-electron chi connectivity index (χ3n) is 3.85. The summed E-state index contributed by atoms with van der Waals surface area (Å²) in [4.78, 5) is 32.7.